The van der Waals surface area contributed by atoms with Crippen molar-refractivity contribution in [3.05, 3.63) is 0 Å². The summed E-state index contributed by atoms with van der Waals surface area (Å²) >= 11 is 0. The Hall–Kier alpha value is 0.00247. The molecular weight excluding hydrogens is 107 g/mol. The Morgan fingerprint density at radius 1 is 1.57 bits per heavy atom. The Labute approximate surface area is 53.7 Å². The summed E-state index contributed by atoms with van der Waals surface area (Å²) in [6.45, 7) is 3.28. The highest BCUT2D eigenvalue weighted by molar-refractivity contribution is 5.75. The van der Waals surface area contributed by atoms with Crippen molar-refractivity contribution >= 4 is 23.3 Å². The van der Waals surface area contributed by atoms with Gasteiger partial charge in [0.15, 0.2) is 17.4 Å². The third-order valence-corrected chi connectivity index (χ3v) is 0.494. The fourth-order valence-corrected chi connectivity index (χ4v) is 0. The van der Waals surface area contributed by atoms with Gasteiger partial charge < -0.3 is 5.11 Å². The lowest BCUT2D eigenvalue weighted by molar-refractivity contribution is -0.140. The maximum absolute atomic E-state index is 9.70. The molecule has 0 aromatic carbocycles. The highest BCUT2D eigenvalue weighted by Gasteiger charge is 1.99. The van der Waals surface area contributed by atoms with E-state index in [4.69, 9.17) is 5.11 Å². The highest BCUT2D eigenvalue weighted by atomic mass is 27.0. The van der Waals surface area contributed by atoms with Crippen LogP contribution in [0, 0.1) is 5.92 Å². The van der Waals surface area contributed by atoms with Gasteiger partial charge in [-0.15, -0.1) is 0 Å². The Kier molecular flexibility index (Phi) is 6.00. The molecule has 0 fully saturated rings. The van der Waals surface area contributed by atoms with Gasteiger partial charge in [0.2, 0.25) is 0 Å². The smallest absolute Gasteiger partial charge is 0.305 e. The average molecular weight is 118 g/mol. The topological polar surface area (TPSA) is 37.3 Å². The summed E-state index contributed by atoms with van der Waals surface area (Å²) in [6, 6.07) is 0. The molecule has 7 heavy (non-hydrogen) atoms. The molecule has 0 atom stereocenters. The van der Waals surface area contributed by atoms with Crippen LogP contribution in [0.5, 0.6) is 0 Å². The summed E-state index contributed by atoms with van der Waals surface area (Å²) in [6.07, 6.45) is 0. The largest absolute Gasteiger partial charge is 0.481 e. The Bertz CT molecular complexity index is 60.7. The van der Waals surface area contributed by atoms with Crippen molar-refractivity contribution in [1.82, 2.24) is 0 Å². The summed E-state index contributed by atoms with van der Waals surface area (Å²) in [4.78, 5) is 9.70. The number of rotatable bonds is 1. The van der Waals surface area contributed by atoms with Crippen LogP contribution in [0.15, 0.2) is 0 Å². The van der Waals surface area contributed by atoms with Crippen molar-refractivity contribution in [2.75, 3.05) is 0 Å². The second-order valence-electron chi connectivity index (χ2n) is 1.49. The van der Waals surface area contributed by atoms with Gasteiger partial charge in [0, 0.05) is 0 Å². The second-order valence-corrected chi connectivity index (χ2v) is 1.49. The van der Waals surface area contributed by atoms with Crippen molar-refractivity contribution in [2.45, 2.75) is 13.8 Å². The Balaban J connectivity index is 0. The molecule has 0 aromatic rings. The van der Waals surface area contributed by atoms with E-state index in [1.807, 2.05) is 0 Å². The van der Waals surface area contributed by atoms with Crippen molar-refractivity contribution in [3.8, 4) is 0 Å². The van der Waals surface area contributed by atoms with Gasteiger partial charge in [0.1, 0.15) is 0 Å². The molecule has 2 nitrogen and oxygen atoms in total. The zero-order valence-corrected chi connectivity index (χ0v) is 3.93. The van der Waals surface area contributed by atoms with Gasteiger partial charge in [-0.2, -0.15) is 0 Å². The second kappa shape index (κ2) is 4.17. The minimum Gasteiger partial charge on any atom is -0.481 e. The van der Waals surface area contributed by atoms with E-state index in [0.717, 1.165) is 0 Å². The van der Waals surface area contributed by atoms with E-state index in [1.165, 1.54) is 0 Å². The van der Waals surface area contributed by atoms with E-state index >= 15 is 0 Å². The molecular formula is C4H11AlO2. The maximum Gasteiger partial charge on any atom is 0.305 e. The fourth-order valence-electron chi connectivity index (χ4n) is 0. The minimum atomic E-state index is -0.741. The number of carboxylic acids is 1. The molecule has 0 unspecified atom stereocenters. The van der Waals surface area contributed by atoms with Crippen LogP contribution in [0.1, 0.15) is 13.8 Å². The van der Waals surface area contributed by atoms with E-state index in [2.05, 4.69) is 0 Å². The third-order valence-electron chi connectivity index (χ3n) is 0.494. The van der Waals surface area contributed by atoms with Crippen LogP contribution in [0.25, 0.3) is 0 Å². The first-order valence-electron chi connectivity index (χ1n) is 1.87. The first-order chi connectivity index (χ1) is 2.64. The SMILES string of the molecule is CC(C)C(=O)O.[AlH3]. The van der Waals surface area contributed by atoms with Gasteiger partial charge in [0.05, 0.1) is 5.92 Å². The molecule has 0 aromatic heterocycles. The first kappa shape index (κ1) is 10.1. The molecule has 0 saturated carbocycles. The number of carbonyl (C=O) groups is 1. The van der Waals surface area contributed by atoms with Crippen LogP contribution < -0.4 is 0 Å². The molecule has 0 bridgehead atoms. The van der Waals surface area contributed by atoms with Gasteiger partial charge >= 0.3 is 5.97 Å². The van der Waals surface area contributed by atoms with Gasteiger partial charge in [-0.1, -0.05) is 13.8 Å². The number of hydrogen-bond acceptors (Lipinski definition) is 1. The van der Waals surface area contributed by atoms with Crippen LogP contribution in [0.4, 0.5) is 0 Å². The van der Waals surface area contributed by atoms with Crippen LogP contribution >= 0.6 is 0 Å². The lowest BCUT2D eigenvalue weighted by atomic mass is 10.2. The summed E-state index contributed by atoms with van der Waals surface area (Å²) in [5.41, 5.74) is 0. The predicted octanol–water partition coefficient (Wildman–Crippen LogP) is -0.457. The zero-order chi connectivity index (χ0) is 5.15. The molecule has 0 rings (SSSR count). The molecule has 0 heterocycles. The summed E-state index contributed by atoms with van der Waals surface area (Å²) in [5, 5.41) is 7.99. The molecule has 0 aliphatic rings. The minimum absolute atomic E-state index is 0. The maximum atomic E-state index is 9.70. The molecule has 42 valence electrons. The Morgan fingerprint density at radius 3 is 1.71 bits per heavy atom. The standard InChI is InChI=1S/C4H8O2.Al.3H/c1-3(2)4(5)6;;;;/h3H,1-2H3,(H,5,6);;;;. The quantitative estimate of drug-likeness (QED) is 0.473. The van der Waals surface area contributed by atoms with Crippen LogP contribution in [0.3, 0.4) is 0 Å². The van der Waals surface area contributed by atoms with Gasteiger partial charge in [0.25, 0.3) is 0 Å². The fraction of sp³-hybridized carbons (Fsp3) is 0.750. The van der Waals surface area contributed by atoms with Gasteiger partial charge in [-0.25, -0.2) is 0 Å². The molecule has 1 N–H and O–H groups in total. The third kappa shape index (κ3) is 6.00. The lowest BCUT2D eigenvalue weighted by Crippen LogP contribution is -2.03. The predicted molar refractivity (Wildman–Crippen MR) is 32.4 cm³/mol. The van der Waals surface area contributed by atoms with E-state index in [1.54, 1.807) is 13.8 Å². The van der Waals surface area contributed by atoms with Crippen LogP contribution in [-0.2, 0) is 4.79 Å². The number of aliphatic carboxylic acids is 1. The first-order valence-corrected chi connectivity index (χ1v) is 1.87. The van der Waals surface area contributed by atoms with E-state index < -0.39 is 5.97 Å². The normalized spacial score (nSPS) is 7.86. The molecule has 3 heteroatoms. The van der Waals surface area contributed by atoms with Crippen LogP contribution in [0.2, 0.25) is 0 Å². The highest BCUT2D eigenvalue weighted by Crippen LogP contribution is 1.87. The number of hydrogen-bond donors (Lipinski definition) is 1. The summed E-state index contributed by atoms with van der Waals surface area (Å²) < 4.78 is 0. The van der Waals surface area contributed by atoms with Gasteiger partial charge in [-0.3, -0.25) is 4.79 Å². The van der Waals surface area contributed by atoms with E-state index in [-0.39, 0.29) is 23.3 Å². The monoisotopic (exact) mass is 118 g/mol. The molecule has 0 spiro atoms. The lowest BCUT2D eigenvalue weighted by Gasteiger charge is -1.89. The molecule has 0 radical (unpaired) electrons. The van der Waals surface area contributed by atoms with Crippen molar-refractivity contribution in [3.63, 3.8) is 0 Å². The molecule has 0 aliphatic heterocycles. The van der Waals surface area contributed by atoms with E-state index in [0.29, 0.717) is 0 Å². The van der Waals surface area contributed by atoms with E-state index in [9.17, 15) is 4.79 Å². The average Bonchev–Trinajstić information content (AvgIpc) is 1.36. The summed E-state index contributed by atoms with van der Waals surface area (Å²) in [7, 11) is 0. The molecule has 0 saturated heterocycles. The van der Waals surface area contributed by atoms with Gasteiger partial charge in [-0.05, 0) is 0 Å². The van der Waals surface area contributed by atoms with Crippen molar-refractivity contribution in [1.29, 1.82) is 0 Å². The number of carboxylic acid groups (broad SMARTS) is 1. The Morgan fingerprint density at radius 2 is 1.71 bits per heavy atom. The van der Waals surface area contributed by atoms with Crippen LogP contribution in [-0.4, -0.2) is 28.4 Å². The summed E-state index contributed by atoms with van der Waals surface area (Å²) in [5.74, 6) is -0.972. The van der Waals surface area contributed by atoms with Crippen molar-refractivity contribution < 1.29 is 9.90 Å². The van der Waals surface area contributed by atoms with Crippen molar-refractivity contribution in [2.24, 2.45) is 5.92 Å². The molecule has 0 aliphatic carbocycles. The molecule has 0 amide bonds. The zero-order valence-electron chi connectivity index (χ0n) is 3.93.